The lowest BCUT2D eigenvalue weighted by Crippen LogP contribution is -2.42. The molecular weight excluding hydrogens is 248 g/mol. The average molecular weight is 280 g/mol. The van der Waals surface area contributed by atoms with E-state index in [2.05, 4.69) is 44.0 Å². The van der Waals surface area contributed by atoms with E-state index in [4.69, 9.17) is 0 Å². The molecule has 1 rings (SSSR count). The number of amides is 1. The first-order valence-corrected chi connectivity index (χ1v) is 8.17. The van der Waals surface area contributed by atoms with Crippen molar-refractivity contribution in [3.63, 3.8) is 0 Å². The van der Waals surface area contributed by atoms with E-state index < -0.39 is 0 Å². The number of carbonyl (C=O) groups excluding carboxylic acids is 1. The lowest BCUT2D eigenvalue weighted by atomic mass is 9.97. The second-order valence-corrected chi connectivity index (χ2v) is 6.63. The van der Waals surface area contributed by atoms with Crippen LogP contribution in [0.5, 0.6) is 0 Å². The Kier molecular flexibility index (Phi) is 7.90. The first-order valence-electron chi connectivity index (χ1n) is 8.17. The van der Waals surface area contributed by atoms with E-state index in [1.807, 2.05) is 0 Å². The molecule has 0 fully saturated rings. The first-order chi connectivity index (χ1) is 9.49. The van der Waals surface area contributed by atoms with Gasteiger partial charge in [0.1, 0.15) is 0 Å². The molecule has 0 saturated carbocycles. The Balaban J connectivity index is 2.25. The minimum Gasteiger partial charge on any atom is -0.355 e. The summed E-state index contributed by atoms with van der Waals surface area (Å²) in [6.45, 7) is 11.0. The Morgan fingerprint density at radius 1 is 1.30 bits per heavy atom. The number of hydrogen-bond donors (Lipinski definition) is 1. The van der Waals surface area contributed by atoms with Crippen LogP contribution in [0.15, 0.2) is 11.6 Å². The van der Waals surface area contributed by atoms with Gasteiger partial charge in [0.25, 0.3) is 0 Å². The van der Waals surface area contributed by atoms with E-state index in [1.54, 1.807) is 0 Å². The smallest absolute Gasteiger partial charge is 0.234 e. The van der Waals surface area contributed by atoms with Crippen LogP contribution in [-0.4, -0.2) is 36.5 Å². The summed E-state index contributed by atoms with van der Waals surface area (Å²) in [7, 11) is 0. The standard InChI is InChI=1S/C17H32N2O/c1-14(2)12-19(15(3)4)13-17(20)18-11-10-16-8-6-5-7-9-16/h8,14-15H,5-7,9-13H2,1-4H3,(H,18,20). The quantitative estimate of drug-likeness (QED) is 0.691. The fourth-order valence-corrected chi connectivity index (χ4v) is 2.66. The molecule has 0 aliphatic heterocycles. The molecule has 0 aromatic rings. The van der Waals surface area contributed by atoms with E-state index in [0.717, 1.165) is 19.5 Å². The molecule has 20 heavy (non-hydrogen) atoms. The summed E-state index contributed by atoms with van der Waals surface area (Å²) in [6.07, 6.45) is 8.47. The molecule has 0 radical (unpaired) electrons. The van der Waals surface area contributed by atoms with Crippen molar-refractivity contribution in [2.45, 2.75) is 65.8 Å². The normalized spacial score (nSPS) is 15.8. The second kappa shape index (κ2) is 9.17. The third kappa shape index (κ3) is 7.09. The molecule has 3 nitrogen and oxygen atoms in total. The van der Waals surface area contributed by atoms with Gasteiger partial charge in [-0.1, -0.05) is 25.5 Å². The van der Waals surface area contributed by atoms with Gasteiger partial charge in [0.05, 0.1) is 6.54 Å². The highest BCUT2D eigenvalue weighted by atomic mass is 16.2. The average Bonchev–Trinajstić information content (AvgIpc) is 2.38. The number of nitrogens with zero attached hydrogens (tertiary/aromatic N) is 1. The Morgan fingerprint density at radius 3 is 2.60 bits per heavy atom. The molecule has 3 heteroatoms. The maximum atomic E-state index is 12.0. The molecule has 0 saturated heterocycles. The molecule has 0 spiro atoms. The van der Waals surface area contributed by atoms with Crippen LogP contribution in [0.1, 0.15) is 59.8 Å². The lowest BCUT2D eigenvalue weighted by molar-refractivity contribution is -0.122. The van der Waals surface area contributed by atoms with Gasteiger partial charge in [-0.2, -0.15) is 0 Å². The van der Waals surface area contributed by atoms with Crippen molar-refractivity contribution in [3.05, 3.63) is 11.6 Å². The molecule has 1 amide bonds. The zero-order valence-electron chi connectivity index (χ0n) is 13.7. The highest BCUT2D eigenvalue weighted by Gasteiger charge is 2.15. The van der Waals surface area contributed by atoms with Crippen molar-refractivity contribution in [2.24, 2.45) is 5.92 Å². The number of hydrogen-bond acceptors (Lipinski definition) is 2. The fraction of sp³-hybridized carbons (Fsp3) is 0.824. The molecule has 0 aromatic carbocycles. The number of rotatable bonds is 8. The Morgan fingerprint density at radius 2 is 2.05 bits per heavy atom. The summed E-state index contributed by atoms with van der Waals surface area (Å²) in [5.41, 5.74) is 1.53. The van der Waals surface area contributed by atoms with E-state index in [0.29, 0.717) is 18.5 Å². The Hall–Kier alpha value is -0.830. The van der Waals surface area contributed by atoms with Crippen LogP contribution in [0.3, 0.4) is 0 Å². The summed E-state index contributed by atoms with van der Waals surface area (Å²) in [6, 6.07) is 0.421. The fourth-order valence-electron chi connectivity index (χ4n) is 2.66. The van der Waals surface area contributed by atoms with E-state index in [1.165, 1.54) is 31.3 Å². The van der Waals surface area contributed by atoms with Gasteiger partial charge in [0.15, 0.2) is 0 Å². The maximum Gasteiger partial charge on any atom is 0.234 e. The highest BCUT2D eigenvalue weighted by Crippen LogP contribution is 2.19. The van der Waals surface area contributed by atoms with Gasteiger partial charge in [0, 0.05) is 19.1 Å². The molecule has 116 valence electrons. The number of carbonyl (C=O) groups is 1. The van der Waals surface area contributed by atoms with Gasteiger partial charge >= 0.3 is 0 Å². The third-order valence-corrected chi connectivity index (χ3v) is 3.83. The topological polar surface area (TPSA) is 32.3 Å². The zero-order valence-corrected chi connectivity index (χ0v) is 13.7. The summed E-state index contributed by atoms with van der Waals surface area (Å²) in [4.78, 5) is 14.3. The first kappa shape index (κ1) is 17.2. The zero-order chi connectivity index (χ0) is 15.0. The molecule has 0 atom stereocenters. The monoisotopic (exact) mass is 280 g/mol. The number of allylic oxidation sites excluding steroid dienone is 1. The van der Waals surface area contributed by atoms with E-state index in [9.17, 15) is 4.79 Å². The van der Waals surface area contributed by atoms with Crippen LogP contribution in [0.25, 0.3) is 0 Å². The van der Waals surface area contributed by atoms with Crippen molar-refractivity contribution in [1.29, 1.82) is 0 Å². The predicted octanol–water partition coefficient (Wildman–Crippen LogP) is 3.36. The molecule has 0 unspecified atom stereocenters. The van der Waals surface area contributed by atoms with Gasteiger partial charge < -0.3 is 5.32 Å². The van der Waals surface area contributed by atoms with Crippen LogP contribution in [0.4, 0.5) is 0 Å². The van der Waals surface area contributed by atoms with E-state index >= 15 is 0 Å². The SMILES string of the molecule is CC(C)CN(CC(=O)NCCC1=CCCCC1)C(C)C. The summed E-state index contributed by atoms with van der Waals surface area (Å²) in [5.74, 6) is 0.758. The van der Waals surface area contributed by atoms with Crippen molar-refractivity contribution >= 4 is 5.91 Å². The van der Waals surface area contributed by atoms with Crippen LogP contribution < -0.4 is 5.32 Å². The maximum absolute atomic E-state index is 12.0. The minimum absolute atomic E-state index is 0.163. The van der Waals surface area contributed by atoms with Crippen LogP contribution in [-0.2, 0) is 4.79 Å². The van der Waals surface area contributed by atoms with Gasteiger partial charge in [-0.25, -0.2) is 0 Å². The molecular formula is C17H32N2O. The van der Waals surface area contributed by atoms with Crippen molar-refractivity contribution < 1.29 is 4.79 Å². The van der Waals surface area contributed by atoms with Crippen molar-refractivity contribution in [1.82, 2.24) is 10.2 Å². The third-order valence-electron chi connectivity index (χ3n) is 3.83. The van der Waals surface area contributed by atoms with Gasteiger partial charge in [-0.3, -0.25) is 9.69 Å². The number of nitrogens with one attached hydrogen (secondary N) is 1. The Labute approximate surface area is 124 Å². The predicted molar refractivity (Wildman–Crippen MR) is 85.7 cm³/mol. The van der Waals surface area contributed by atoms with Crippen molar-refractivity contribution in [3.8, 4) is 0 Å². The van der Waals surface area contributed by atoms with Gasteiger partial charge in [-0.05, 0) is 51.9 Å². The minimum atomic E-state index is 0.163. The summed E-state index contributed by atoms with van der Waals surface area (Å²) in [5, 5.41) is 3.07. The molecule has 0 bridgehead atoms. The van der Waals surface area contributed by atoms with Crippen LogP contribution >= 0.6 is 0 Å². The van der Waals surface area contributed by atoms with Crippen LogP contribution in [0.2, 0.25) is 0 Å². The van der Waals surface area contributed by atoms with Gasteiger partial charge in [0.2, 0.25) is 5.91 Å². The van der Waals surface area contributed by atoms with E-state index in [-0.39, 0.29) is 5.91 Å². The Bertz CT molecular complexity index is 321. The summed E-state index contributed by atoms with van der Waals surface area (Å²) >= 11 is 0. The lowest BCUT2D eigenvalue weighted by Gasteiger charge is -2.27. The molecule has 1 N–H and O–H groups in total. The summed E-state index contributed by atoms with van der Waals surface area (Å²) < 4.78 is 0. The highest BCUT2D eigenvalue weighted by molar-refractivity contribution is 5.78. The molecule has 1 aliphatic carbocycles. The van der Waals surface area contributed by atoms with Gasteiger partial charge in [-0.15, -0.1) is 0 Å². The second-order valence-electron chi connectivity index (χ2n) is 6.63. The largest absolute Gasteiger partial charge is 0.355 e. The molecule has 0 aromatic heterocycles. The molecule has 0 heterocycles. The van der Waals surface area contributed by atoms with Crippen LogP contribution in [0, 0.1) is 5.92 Å². The van der Waals surface area contributed by atoms with Crippen molar-refractivity contribution in [2.75, 3.05) is 19.6 Å². The molecule has 1 aliphatic rings.